The van der Waals surface area contributed by atoms with Gasteiger partial charge in [-0.2, -0.15) is 4.72 Å². The molecule has 4 rings (SSSR count). The van der Waals surface area contributed by atoms with Crippen LogP contribution in [0.4, 0.5) is 0 Å². The van der Waals surface area contributed by atoms with Gasteiger partial charge in [0, 0.05) is 37.8 Å². The van der Waals surface area contributed by atoms with Gasteiger partial charge in [0.2, 0.25) is 10.0 Å². The van der Waals surface area contributed by atoms with E-state index >= 15 is 0 Å². The Bertz CT molecular complexity index is 1300. The van der Waals surface area contributed by atoms with Crippen molar-refractivity contribution >= 4 is 32.5 Å². The van der Waals surface area contributed by atoms with Crippen molar-refractivity contribution in [3.05, 3.63) is 59.2 Å². The van der Waals surface area contributed by atoms with Crippen LogP contribution in [0.3, 0.4) is 0 Å². The summed E-state index contributed by atoms with van der Waals surface area (Å²) in [4.78, 5) is 9.05. The lowest BCUT2D eigenvalue weighted by Gasteiger charge is -2.28. The highest BCUT2D eigenvalue weighted by molar-refractivity contribution is 7.89. The first-order chi connectivity index (χ1) is 17.3. The number of nitrogens with zero attached hydrogens (tertiary/aromatic N) is 3. The third-order valence-electron chi connectivity index (χ3n) is 6.63. The molecule has 0 aliphatic carbocycles. The molecule has 1 unspecified atom stereocenters. The van der Waals surface area contributed by atoms with Crippen LogP contribution in [0.1, 0.15) is 18.9 Å². The van der Waals surface area contributed by atoms with Crippen molar-refractivity contribution in [1.29, 1.82) is 0 Å². The molecule has 2 heterocycles. The number of nitrogens with one attached hydrogen (secondary N) is 1. The Morgan fingerprint density at radius 1 is 1.06 bits per heavy atom. The average molecular weight is 533 g/mol. The topological polar surface area (TPSA) is 84.0 Å². The first-order valence-corrected chi connectivity index (χ1v) is 13.9. The molecule has 1 aliphatic heterocycles. The van der Waals surface area contributed by atoms with E-state index in [-0.39, 0.29) is 11.1 Å². The largest absolute Gasteiger partial charge is 0.493 e. The van der Waals surface area contributed by atoms with Crippen LogP contribution in [-0.2, 0) is 16.4 Å². The fourth-order valence-corrected chi connectivity index (χ4v) is 6.27. The third kappa shape index (κ3) is 6.10. The zero-order chi connectivity index (χ0) is 25.7. The number of ether oxygens (including phenoxy) is 2. The Morgan fingerprint density at radius 2 is 1.86 bits per heavy atom. The molecule has 0 saturated carbocycles. The number of aromatic nitrogens is 1. The number of halogens is 1. The van der Waals surface area contributed by atoms with E-state index in [1.54, 1.807) is 44.7 Å². The van der Waals surface area contributed by atoms with E-state index in [4.69, 9.17) is 21.1 Å². The van der Waals surface area contributed by atoms with E-state index in [1.165, 1.54) is 5.56 Å². The van der Waals surface area contributed by atoms with Crippen molar-refractivity contribution in [1.82, 2.24) is 19.5 Å². The number of benzene rings is 2. The summed E-state index contributed by atoms with van der Waals surface area (Å²) in [5, 5.41) is 0.945. The predicted molar refractivity (Wildman–Crippen MR) is 142 cm³/mol. The van der Waals surface area contributed by atoms with Crippen LogP contribution in [0.15, 0.2) is 53.6 Å². The summed E-state index contributed by atoms with van der Waals surface area (Å²) in [6, 6.07) is 12.6. The minimum atomic E-state index is -3.76. The van der Waals surface area contributed by atoms with Crippen LogP contribution in [0.5, 0.6) is 11.5 Å². The van der Waals surface area contributed by atoms with Gasteiger partial charge in [-0.1, -0.05) is 17.7 Å². The minimum absolute atomic E-state index is 0.188. The van der Waals surface area contributed by atoms with Crippen LogP contribution < -0.4 is 14.2 Å². The lowest BCUT2D eigenvalue weighted by atomic mass is 10.1. The summed E-state index contributed by atoms with van der Waals surface area (Å²) in [6.07, 6.45) is 3.13. The van der Waals surface area contributed by atoms with Gasteiger partial charge in [0.25, 0.3) is 0 Å². The maximum absolute atomic E-state index is 13.3. The number of sulfonamides is 1. The Kier molecular flexibility index (Phi) is 8.69. The van der Waals surface area contributed by atoms with Gasteiger partial charge < -0.3 is 14.4 Å². The molecule has 1 N–H and O–H groups in total. The molecular formula is C26H33ClN4O4S. The summed E-state index contributed by atoms with van der Waals surface area (Å²) < 4.78 is 40.2. The molecule has 194 valence electrons. The average Bonchev–Trinajstić information content (AvgIpc) is 3.13. The zero-order valence-corrected chi connectivity index (χ0v) is 22.5. The van der Waals surface area contributed by atoms with Crippen molar-refractivity contribution in [3.63, 3.8) is 0 Å². The fraction of sp³-hybridized carbons (Fsp3) is 0.423. The summed E-state index contributed by atoms with van der Waals surface area (Å²) in [5.41, 5.74) is 1.68. The molecule has 1 fully saturated rings. The van der Waals surface area contributed by atoms with E-state index in [1.807, 2.05) is 19.1 Å². The first-order valence-electron chi connectivity index (χ1n) is 12.1. The standard InChI is InChI=1S/C26H33ClN4O4S/c1-19(29-36(32,33)25-10-8-22(27)26-21(25)6-4-12-28-26)31-14-5-13-30(16-17-31)15-11-20-7-9-23(34-2)24(18-20)35-3/h4,6-10,12,18-19,29H,5,11,13-17H2,1-3H3. The second kappa shape index (κ2) is 11.7. The van der Waals surface area contributed by atoms with Crippen molar-refractivity contribution in [3.8, 4) is 11.5 Å². The summed E-state index contributed by atoms with van der Waals surface area (Å²) in [5.74, 6) is 1.47. The van der Waals surface area contributed by atoms with Gasteiger partial charge in [0.1, 0.15) is 0 Å². The zero-order valence-electron chi connectivity index (χ0n) is 20.9. The highest BCUT2D eigenvalue weighted by atomic mass is 35.5. The molecule has 1 aliphatic rings. The quantitative estimate of drug-likeness (QED) is 0.449. The van der Waals surface area contributed by atoms with Crippen molar-refractivity contribution in [2.75, 3.05) is 46.9 Å². The number of hydrogen-bond donors (Lipinski definition) is 1. The number of hydrogen-bond acceptors (Lipinski definition) is 7. The Balaban J connectivity index is 1.36. The van der Waals surface area contributed by atoms with E-state index in [0.717, 1.165) is 57.1 Å². The van der Waals surface area contributed by atoms with Gasteiger partial charge in [-0.05, 0) is 68.3 Å². The molecule has 0 amide bonds. The third-order valence-corrected chi connectivity index (χ3v) is 8.52. The highest BCUT2D eigenvalue weighted by Crippen LogP contribution is 2.29. The lowest BCUT2D eigenvalue weighted by Crippen LogP contribution is -2.47. The van der Waals surface area contributed by atoms with E-state index in [0.29, 0.717) is 15.9 Å². The van der Waals surface area contributed by atoms with Gasteiger partial charge in [-0.3, -0.25) is 9.88 Å². The molecule has 0 bridgehead atoms. The number of fused-ring (bicyclic) bond motifs is 1. The second-order valence-corrected chi connectivity index (χ2v) is 11.0. The molecule has 2 aromatic carbocycles. The number of pyridine rings is 1. The van der Waals surface area contributed by atoms with Crippen LogP contribution in [0.2, 0.25) is 5.02 Å². The van der Waals surface area contributed by atoms with Gasteiger partial charge in [0.15, 0.2) is 11.5 Å². The molecule has 10 heteroatoms. The molecule has 1 saturated heterocycles. The maximum atomic E-state index is 13.3. The van der Waals surface area contributed by atoms with Crippen LogP contribution in [0.25, 0.3) is 10.9 Å². The SMILES string of the molecule is COc1ccc(CCN2CCCN(C(C)NS(=O)(=O)c3ccc(Cl)c4ncccc34)CC2)cc1OC. The second-order valence-electron chi connectivity index (χ2n) is 8.91. The number of rotatable bonds is 9. The number of methoxy groups -OCH3 is 2. The van der Waals surface area contributed by atoms with E-state index in [2.05, 4.69) is 25.6 Å². The first kappa shape index (κ1) is 26.6. The van der Waals surface area contributed by atoms with Gasteiger partial charge in [-0.25, -0.2) is 8.42 Å². The Labute approximate surface area is 218 Å². The predicted octanol–water partition coefficient (Wildman–Crippen LogP) is 3.78. The smallest absolute Gasteiger partial charge is 0.242 e. The minimum Gasteiger partial charge on any atom is -0.493 e. The van der Waals surface area contributed by atoms with Crippen molar-refractivity contribution in [2.45, 2.75) is 30.8 Å². The van der Waals surface area contributed by atoms with Crippen molar-refractivity contribution < 1.29 is 17.9 Å². The molecule has 0 radical (unpaired) electrons. The molecular weight excluding hydrogens is 500 g/mol. The Hall–Kier alpha value is -2.43. The molecule has 36 heavy (non-hydrogen) atoms. The van der Waals surface area contributed by atoms with E-state index < -0.39 is 10.0 Å². The normalized spacial score (nSPS) is 16.6. The van der Waals surface area contributed by atoms with Gasteiger partial charge in [-0.15, -0.1) is 0 Å². The van der Waals surface area contributed by atoms with E-state index in [9.17, 15) is 8.42 Å². The Morgan fingerprint density at radius 3 is 2.64 bits per heavy atom. The molecule has 1 atom stereocenters. The highest BCUT2D eigenvalue weighted by Gasteiger charge is 2.26. The van der Waals surface area contributed by atoms with Crippen LogP contribution >= 0.6 is 11.6 Å². The lowest BCUT2D eigenvalue weighted by molar-refractivity contribution is 0.200. The molecule has 1 aromatic heterocycles. The fourth-order valence-electron chi connectivity index (χ4n) is 4.63. The van der Waals surface area contributed by atoms with Gasteiger partial charge >= 0.3 is 0 Å². The summed E-state index contributed by atoms with van der Waals surface area (Å²) in [6.45, 7) is 6.25. The van der Waals surface area contributed by atoms with Crippen LogP contribution in [0, 0.1) is 0 Å². The molecule has 8 nitrogen and oxygen atoms in total. The maximum Gasteiger partial charge on any atom is 0.242 e. The van der Waals surface area contributed by atoms with Crippen LogP contribution in [-0.4, -0.2) is 76.3 Å². The van der Waals surface area contributed by atoms with Gasteiger partial charge in [0.05, 0.1) is 35.8 Å². The molecule has 0 spiro atoms. The van der Waals surface area contributed by atoms with Crippen molar-refractivity contribution in [2.24, 2.45) is 0 Å². The summed E-state index contributed by atoms with van der Waals surface area (Å²) in [7, 11) is -0.481. The summed E-state index contributed by atoms with van der Waals surface area (Å²) >= 11 is 6.23. The monoisotopic (exact) mass is 532 g/mol. The molecule has 3 aromatic rings.